The highest BCUT2D eigenvalue weighted by Crippen LogP contribution is 2.36. The van der Waals surface area contributed by atoms with Crippen LogP contribution in [0.5, 0.6) is 5.75 Å². The zero-order chi connectivity index (χ0) is 22.3. The van der Waals surface area contributed by atoms with Crippen LogP contribution in [0, 0.1) is 0 Å². The van der Waals surface area contributed by atoms with Crippen LogP contribution in [-0.2, 0) is 6.42 Å². The van der Waals surface area contributed by atoms with Crippen molar-refractivity contribution in [1.82, 2.24) is 9.78 Å². The maximum atomic E-state index is 12.9. The molecule has 0 unspecified atom stereocenters. The first kappa shape index (κ1) is 20.8. The van der Waals surface area contributed by atoms with Crippen molar-refractivity contribution in [3.05, 3.63) is 59.7 Å². The van der Waals surface area contributed by atoms with Gasteiger partial charge in [-0.1, -0.05) is 0 Å². The van der Waals surface area contributed by atoms with E-state index in [1.807, 2.05) is 22.9 Å². The maximum Gasteiger partial charge on any atom is 0.487 e. The molecular weight excluding hydrogens is 438 g/mol. The fraction of sp³-hybridized carbons (Fsp3) is 0.304. The Morgan fingerprint density at radius 3 is 2.66 bits per heavy atom. The lowest BCUT2D eigenvalue weighted by Crippen LogP contribution is -2.22. The second kappa shape index (κ2) is 8.09. The van der Waals surface area contributed by atoms with Gasteiger partial charge in [0.2, 0.25) is 0 Å². The van der Waals surface area contributed by atoms with Crippen molar-refractivity contribution >= 4 is 29.0 Å². The molecule has 6 nitrogen and oxygen atoms in total. The van der Waals surface area contributed by atoms with Gasteiger partial charge in [0.05, 0.1) is 11.7 Å². The van der Waals surface area contributed by atoms with Gasteiger partial charge in [-0.2, -0.15) is 5.10 Å². The summed E-state index contributed by atoms with van der Waals surface area (Å²) in [6.45, 7) is 0.880. The van der Waals surface area contributed by atoms with Crippen LogP contribution in [-0.4, -0.2) is 27.8 Å². The van der Waals surface area contributed by atoms with Gasteiger partial charge in [0.15, 0.2) is 0 Å². The number of nitrogens with zero attached hydrogens (tertiary/aromatic N) is 2. The molecular formula is C23H21ClF2N4O2. The molecule has 2 aliphatic rings. The minimum absolute atomic E-state index is 0.0493. The van der Waals surface area contributed by atoms with E-state index in [0.717, 1.165) is 43.5 Å². The summed E-state index contributed by atoms with van der Waals surface area (Å²) < 4.78 is 31.9. The molecule has 1 saturated carbocycles. The van der Waals surface area contributed by atoms with Crippen LogP contribution in [0.2, 0.25) is 0 Å². The van der Waals surface area contributed by atoms with Gasteiger partial charge in [0, 0.05) is 41.0 Å². The molecule has 2 heterocycles. The molecule has 5 rings (SSSR count). The Labute approximate surface area is 188 Å². The number of benzene rings is 2. The molecule has 9 heteroatoms. The monoisotopic (exact) mass is 458 g/mol. The summed E-state index contributed by atoms with van der Waals surface area (Å²) in [6, 6.07) is 13.8. The second-order valence-electron chi connectivity index (χ2n) is 8.02. The van der Waals surface area contributed by atoms with E-state index in [0.29, 0.717) is 22.6 Å². The molecule has 0 radical (unpaired) electrons. The number of ether oxygens (including phenoxy) is 1. The standard InChI is InChI=1S/C23H21ClF2N4O2/c24-23(25,26)32-18-7-4-14(5-8-18)20-13-21(30(29-20)17-2-1-3-17)28-22(31)16-6-9-19-15(12-16)10-11-27-19/h4-9,12-13,17,27H,1-3,10-11H2,(H,28,31). The van der Waals surface area contributed by atoms with Gasteiger partial charge in [-0.05, 0) is 73.7 Å². The number of rotatable bonds is 6. The molecule has 1 aromatic heterocycles. The predicted octanol–water partition coefficient (Wildman–Crippen LogP) is 5.66. The van der Waals surface area contributed by atoms with E-state index in [-0.39, 0.29) is 17.7 Å². The molecule has 2 N–H and O–H groups in total. The summed E-state index contributed by atoms with van der Waals surface area (Å²) in [5, 5.41) is 11.0. The van der Waals surface area contributed by atoms with Gasteiger partial charge in [-0.25, -0.2) is 4.68 Å². The van der Waals surface area contributed by atoms with Crippen molar-refractivity contribution in [1.29, 1.82) is 0 Å². The van der Waals surface area contributed by atoms with E-state index in [4.69, 9.17) is 11.6 Å². The highest BCUT2D eigenvalue weighted by Gasteiger charge is 2.28. The predicted molar refractivity (Wildman–Crippen MR) is 119 cm³/mol. The fourth-order valence-corrected chi connectivity index (χ4v) is 4.09. The van der Waals surface area contributed by atoms with E-state index in [2.05, 4.69) is 20.5 Å². The Morgan fingerprint density at radius 2 is 1.97 bits per heavy atom. The Balaban J connectivity index is 1.39. The third kappa shape index (κ3) is 4.27. The summed E-state index contributed by atoms with van der Waals surface area (Å²) in [7, 11) is 0. The third-order valence-electron chi connectivity index (χ3n) is 5.86. The van der Waals surface area contributed by atoms with Gasteiger partial charge in [0.1, 0.15) is 11.6 Å². The summed E-state index contributed by atoms with van der Waals surface area (Å²) in [5.41, 5.74) is 0.387. The van der Waals surface area contributed by atoms with Gasteiger partial charge in [-0.15, -0.1) is 8.78 Å². The number of aromatic nitrogens is 2. The number of fused-ring (bicyclic) bond motifs is 1. The number of carbonyl (C=O) groups excluding carboxylic acids is 1. The van der Waals surface area contributed by atoms with Gasteiger partial charge in [0.25, 0.3) is 5.91 Å². The van der Waals surface area contributed by atoms with E-state index in [1.165, 1.54) is 12.1 Å². The lowest BCUT2D eigenvalue weighted by Gasteiger charge is -2.27. The number of alkyl halides is 3. The topological polar surface area (TPSA) is 68.2 Å². The lowest BCUT2D eigenvalue weighted by atomic mass is 9.93. The van der Waals surface area contributed by atoms with Gasteiger partial charge >= 0.3 is 5.57 Å². The van der Waals surface area contributed by atoms with Crippen molar-refractivity contribution in [3.8, 4) is 17.0 Å². The van der Waals surface area contributed by atoms with Crippen LogP contribution in [0.15, 0.2) is 48.5 Å². The zero-order valence-corrected chi connectivity index (χ0v) is 17.8. The van der Waals surface area contributed by atoms with Crippen LogP contribution in [0.3, 0.4) is 0 Å². The van der Waals surface area contributed by atoms with E-state index >= 15 is 0 Å². The Morgan fingerprint density at radius 1 is 1.19 bits per heavy atom. The molecule has 0 spiro atoms. The second-order valence-corrected chi connectivity index (χ2v) is 8.46. The van der Waals surface area contributed by atoms with Crippen LogP contribution in [0.25, 0.3) is 11.3 Å². The Kier molecular flexibility index (Phi) is 5.25. The molecule has 2 aromatic carbocycles. The minimum atomic E-state index is -3.77. The van der Waals surface area contributed by atoms with Crippen molar-refractivity contribution in [2.75, 3.05) is 17.2 Å². The molecule has 0 atom stereocenters. The zero-order valence-electron chi connectivity index (χ0n) is 17.1. The van der Waals surface area contributed by atoms with Crippen molar-refractivity contribution < 1.29 is 18.3 Å². The number of carbonyl (C=O) groups is 1. The number of amides is 1. The molecule has 0 saturated heterocycles. The third-order valence-corrected chi connectivity index (χ3v) is 5.94. The molecule has 166 valence electrons. The van der Waals surface area contributed by atoms with Crippen LogP contribution < -0.4 is 15.4 Å². The number of hydrogen-bond donors (Lipinski definition) is 2. The normalized spacial score (nSPS) is 15.6. The number of nitrogens with one attached hydrogen (secondary N) is 2. The summed E-state index contributed by atoms with van der Waals surface area (Å²) in [5.74, 6) is 0.368. The highest BCUT2D eigenvalue weighted by atomic mass is 35.5. The van der Waals surface area contributed by atoms with Crippen molar-refractivity contribution in [2.45, 2.75) is 37.3 Å². The molecule has 0 bridgehead atoms. The number of hydrogen-bond acceptors (Lipinski definition) is 4. The first-order chi connectivity index (χ1) is 15.4. The lowest BCUT2D eigenvalue weighted by molar-refractivity contribution is -0.0964. The maximum absolute atomic E-state index is 12.9. The summed E-state index contributed by atoms with van der Waals surface area (Å²) in [4.78, 5) is 12.9. The van der Waals surface area contributed by atoms with Crippen molar-refractivity contribution in [3.63, 3.8) is 0 Å². The first-order valence-electron chi connectivity index (χ1n) is 10.5. The average molecular weight is 459 g/mol. The molecule has 32 heavy (non-hydrogen) atoms. The first-order valence-corrected chi connectivity index (χ1v) is 10.9. The Bertz CT molecular complexity index is 1150. The fourth-order valence-electron chi connectivity index (χ4n) is 4.00. The highest BCUT2D eigenvalue weighted by molar-refractivity contribution is 6.20. The van der Waals surface area contributed by atoms with Crippen molar-refractivity contribution in [2.24, 2.45) is 0 Å². The van der Waals surface area contributed by atoms with E-state index < -0.39 is 5.57 Å². The quantitative estimate of drug-likeness (QED) is 0.467. The van der Waals surface area contributed by atoms with Gasteiger partial charge in [-0.3, -0.25) is 4.79 Å². The number of halogens is 3. The van der Waals surface area contributed by atoms with Crippen LogP contribution in [0.4, 0.5) is 20.3 Å². The summed E-state index contributed by atoms with van der Waals surface area (Å²) in [6.07, 6.45) is 4.00. The van der Waals surface area contributed by atoms with Gasteiger partial charge < -0.3 is 15.4 Å². The Hall–Kier alpha value is -3.13. The molecule has 1 aliphatic heterocycles. The molecule has 1 aliphatic carbocycles. The van der Waals surface area contributed by atoms with E-state index in [9.17, 15) is 13.6 Å². The molecule has 1 fully saturated rings. The van der Waals surface area contributed by atoms with Crippen LogP contribution >= 0.6 is 11.6 Å². The molecule has 3 aromatic rings. The average Bonchev–Trinajstić information content (AvgIpc) is 3.33. The largest absolute Gasteiger partial charge is 0.487 e. The SMILES string of the molecule is O=C(Nc1cc(-c2ccc(OC(F)(F)Cl)cc2)nn1C1CCC1)c1ccc2c(c1)CCN2. The summed E-state index contributed by atoms with van der Waals surface area (Å²) >= 11 is 4.82. The minimum Gasteiger partial charge on any atom is -0.420 e. The van der Waals surface area contributed by atoms with E-state index in [1.54, 1.807) is 18.2 Å². The smallest absolute Gasteiger partial charge is 0.420 e. The number of anilines is 2. The van der Waals surface area contributed by atoms with Crippen LogP contribution in [0.1, 0.15) is 41.2 Å². The molecule has 1 amide bonds.